The lowest BCUT2D eigenvalue weighted by Gasteiger charge is -2.32. The van der Waals surface area contributed by atoms with E-state index in [1.54, 1.807) is 13.2 Å². The molecule has 1 rings (SSSR count). The number of phenolic OH excluding ortho intramolecular Hbond substituents is 1. The first-order valence-electron chi connectivity index (χ1n) is 7.99. The third-order valence-electron chi connectivity index (χ3n) is 3.87. The van der Waals surface area contributed by atoms with Crippen LogP contribution in [0.15, 0.2) is 18.2 Å². The van der Waals surface area contributed by atoms with Crippen LogP contribution in [0.2, 0.25) is 0 Å². The molecule has 0 saturated carbocycles. The van der Waals surface area contributed by atoms with E-state index in [0.29, 0.717) is 12.3 Å². The molecule has 4 heteroatoms. The second-order valence-corrected chi connectivity index (χ2v) is 5.39. The van der Waals surface area contributed by atoms with Crippen LogP contribution in [-0.4, -0.2) is 36.8 Å². The lowest BCUT2D eigenvalue weighted by Crippen LogP contribution is -2.35. The molecule has 0 fully saturated rings. The molecule has 0 bridgehead atoms. The maximum atomic E-state index is 10.4. The lowest BCUT2D eigenvalue weighted by atomic mass is 10.0. The molecular weight excluding hydrogens is 264 g/mol. The zero-order valence-corrected chi connectivity index (χ0v) is 13.6. The largest absolute Gasteiger partial charge is 0.504 e. The molecule has 0 aliphatic rings. The van der Waals surface area contributed by atoms with Crippen molar-refractivity contribution >= 4 is 0 Å². The highest BCUT2D eigenvalue weighted by Crippen LogP contribution is 2.35. The molecule has 0 radical (unpaired) electrons. The Morgan fingerprint density at radius 3 is 2.29 bits per heavy atom. The normalized spacial score (nSPS) is 12.6. The molecule has 1 unspecified atom stereocenters. The summed E-state index contributed by atoms with van der Waals surface area (Å²) in [6.45, 7) is 6.90. The maximum absolute atomic E-state index is 10.4. The number of phenols is 1. The summed E-state index contributed by atoms with van der Waals surface area (Å²) in [5.74, 6) is 0.727. The van der Waals surface area contributed by atoms with Gasteiger partial charge in [0.2, 0.25) is 0 Å². The molecular formula is C17H30N2O2. The SMILES string of the molecule is CCCCN(CCCC)C(CN)c1cccc(OC)c1O. The van der Waals surface area contributed by atoms with Crippen molar-refractivity contribution < 1.29 is 9.84 Å². The molecule has 0 amide bonds. The van der Waals surface area contributed by atoms with Crippen molar-refractivity contribution in [1.29, 1.82) is 0 Å². The number of nitrogens with two attached hydrogens (primary N) is 1. The number of nitrogens with zero attached hydrogens (tertiary/aromatic N) is 1. The Morgan fingerprint density at radius 2 is 1.81 bits per heavy atom. The number of methoxy groups -OCH3 is 1. The van der Waals surface area contributed by atoms with Gasteiger partial charge in [0.05, 0.1) is 13.2 Å². The molecule has 0 aromatic heterocycles. The summed E-state index contributed by atoms with van der Waals surface area (Å²) >= 11 is 0. The Morgan fingerprint density at radius 1 is 1.19 bits per heavy atom. The minimum atomic E-state index is 0.0400. The maximum Gasteiger partial charge on any atom is 0.162 e. The van der Waals surface area contributed by atoms with Crippen molar-refractivity contribution in [1.82, 2.24) is 4.90 Å². The fraction of sp³-hybridized carbons (Fsp3) is 0.647. The van der Waals surface area contributed by atoms with Crippen molar-refractivity contribution in [3.63, 3.8) is 0 Å². The van der Waals surface area contributed by atoms with Crippen LogP contribution in [-0.2, 0) is 0 Å². The average molecular weight is 294 g/mol. The van der Waals surface area contributed by atoms with Gasteiger partial charge >= 0.3 is 0 Å². The highest BCUT2D eigenvalue weighted by molar-refractivity contribution is 5.47. The molecule has 21 heavy (non-hydrogen) atoms. The van der Waals surface area contributed by atoms with Gasteiger partial charge in [-0.15, -0.1) is 0 Å². The third-order valence-corrected chi connectivity index (χ3v) is 3.87. The van der Waals surface area contributed by atoms with E-state index in [4.69, 9.17) is 10.5 Å². The van der Waals surface area contributed by atoms with Crippen LogP contribution in [0.4, 0.5) is 0 Å². The first-order valence-corrected chi connectivity index (χ1v) is 7.99. The highest BCUT2D eigenvalue weighted by atomic mass is 16.5. The minimum Gasteiger partial charge on any atom is -0.504 e. The van der Waals surface area contributed by atoms with E-state index in [0.717, 1.165) is 44.3 Å². The van der Waals surface area contributed by atoms with E-state index >= 15 is 0 Å². The molecule has 4 nitrogen and oxygen atoms in total. The molecule has 0 aliphatic heterocycles. The van der Waals surface area contributed by atoms with Gasteiger partial charge in [-0.05, 0) is 32.0 Å². The summed E-state index contributed by atoms with van der Waals surface area (Å²) < 4.78 is 5.21. The third kappa shape index (κ3) is 4.90. The predicted octanol–water partition coefficient (Wildman–Crippen LogP) is 3.30. The Bertz CT molecular complexity index is 402. The van der Waals surface area contributed by atoms with Crippen LogP contribution in [0.3, 0.4) is 0 Å². The first-order chi connectivity index (χ1) is 10.2. The van der Waals surface area contributed by atoms with E-state index in [9.17, 15) is 5.11 Å². The molecule has 0 heterocycles. The number of hydrogen-bond donors (Lipinski definition) is 2. The Labute approximate surface area is 128 Å². The van der Waals surface area contributed by atoms with E-state index in [2.05, 4.69) is 18.7 Å². The molecule has 1 aromatic rings. The predicted molar refractivity (Wildman–Crippen MR) is 87.8 cm³/mol. The van der Waals surface area contributed by atoms with Crippen LogP contribution < -0.4 is 10.5 Å². The van der Waals surface area contributed by atoms with Crippen LogP contribution in [0.1, 0.15) is 51.1 Å². The summed E-state index contributed by atoms with van der Waals surface area (Å²) in [6.07, 6.45) is 4.60. The van der Waals surface area contributed by atoms with Gasteiger partial charge in [-0.3, -0.25) is 4.90 Å². The molecule has 0 spiro atoms. The Hall–Kier alpha value is -1.26. The van der Waals surface area contributed by atoms with Crippen molar-refractivity contribution in [3.05, 3.63) is 23.8 Å². The van der Waals surface area contributed by atoms with Gasteiger partial charge in [0.1, 0.15) is 0 Å². The molecule has 0 saturated heterocycles. The Balaban J connectivity index is 3.00. The summed E-state index contributed by atoms with van der Waals surface area (Å²) in [6, 6.07) is 5.67. The summed E-state index contributed by atoms with van der Waals surface area (Å²) in [7, 11) is 1.57. The van der Waals surface area contributed by atoms with Crippen LogP contribution in [0, 0.1) is 0 Å². The highest BCUT2D eigenvalue weighted by Gasteiger charge is 2.22. The van der Waals surface area contributed by atoms with Gasteiger partial charge in [-0.25, -0.2) is 0 Å². The van der Waals surface area contributed by atoms with Crippen molar-refractivity contribution in [2.24, 2.45) is 5.73 Å². The Kier molecular flexibility index (Phi) is 8.16. The molecule has 0 aliphatic carbocycles. The second-order valence-electron chi connectivity index (χ2n) is 5.39. The van der Waals surface area contributed by atoms with Gasteiger partial charge in [0.15, 0.2) is 11.5 Å². The smallest absolute Gasteiger partial charge is 0.162 e. The second kappa shape index (κ2) is 9.64. The number of benzene rings is 1. The van der Waals surface area contributed by atoms with Gasteiger partial charge in [-0.1, -0.05) is 38.8 Å². The summed E-state index contributed by atoms with van der Waals surface area (Å²) in [5, 5.41) is 10.4. The van der Waals surface area contributed by atoms with Gasteiger partial charge in [-0.2, -0.15) is 0 Å². The van der Waals surface area contributed by atoms with Crippen molar-refractivity contribution in [2.75, 3.05) is 26.7 Å². The van der Waals surface area contributed by atoms with Gasteiger partial charge in [0.25, 0.3) is 0 Å². The van der Waals surface area contributed by atoms with Crippen molar-refractivity contribution in [2.45, 2.75) is 45.6 Å². The van der Waals surface area contributed by atoms with E-state index in [1.165, 1.54) is 0 Å². The quantitative estimate of drug-likeness (QED) is 0.695. The number of rotatable bonds is 10. The minimum absolute atomic E-state index is 0.0400. The fourth-order valence-electron chi connectivity index (χ4n) is 2.59. The zero-order valence-electron chi connectivity index (χ0n) is 13.6. The van der Waals surface area contributed by atoms with Crippen LogP contribution in [0.25, 0.3) is 0 Å². The summed E-state index contributed by atoms with van der Waals surface area (Å²) in [4.78, 5) is 2.39. The van der Waals surface area contributed by atoms with E-state index in [-0.39, 0.29) is 11.8 Å². The van der Waals surface area contributed by atoms with E-state index in [1.807, 2.05) is 12.1 Å². The van der Waals surface area contributed by atoms with Gasteiger partial charge < -0.3 is 15.6 Å². The van der Waals surface area contributed by atoms with Crippen molar-refractivity contribution in [3.8, 4) is 11.5 Å². The van der Waals surface area contributed by atoms with Crippen LogP contribution in [0.5, 0.6) is 11.5 Å². The fourth-order valence-corrected chi connectivity index (χ4v) is 2.59. The number of hydrogen-bond acceptors (Lipinski definition) is 4. The number of aromatic hydroxyl groups is 1. The topological polar surface area (TPSA) is 58.7 Å². The number of unbranched alkanes of at least 4 members (excludes halogenated alkanes) is 2. The van der Waals surface area contributed by atoms with Crippen LogP contribution >= 0.6 is 0 Å². The monoisotopic (exact) mass is 294 g/mol. The average Bonchev–Trinajstić information content (AvgIpc) is 2.51. The van der Waals surface area contributed by atoms with Gasteiger partial charge in [0, 0.05) is 12.1 Å². The molecule has 1 atom stereocenters. The first kappa shape index (κ1) is 17.8. The molecule has 1 aromatic carbocycles. The molecule has 120 valence electrons. The number of ether oxygens (including phenoxy) is 1. The summed E-state index contributed by atoms with van der Waals surface area (Å²) in [5.41, 5.74) is 6.88. The van der Waals surface area contributed by atoms with E-state index < -0.39 is 0 Å². The number of para-hydroxylation sites is 1. The molecule has 3 N–H and O–H groups in total. The zero-order chi connectivity index (χ0) is 15.7. The standard InChI is InChI=1S/C17H30N2O2/c1-4-6-11-19(12-7-5-2)15(13-18)14-9-8-10-16(21-3)17(14)20/h8-10,15,20H,4-7,11-13,18H2,1-3H3. The lowest BCUT2D eigenvalue weighted by molar-refractivity contribution is 0.191.